The van der Waals surface area contributed by atoms with Crippen LogP contribution in [0.5, 0.6) is 0 Å². The molecule has 140 valence electrons. The first kappa shape index (κ1) is 18.2. The van der Waals surface area contributed by atoms with E-state index in [4.69, 9.17) is 9.47 Å². The molecule has 0 aliphatic carbocycles. The highest BCUT2D eigenvalue weighted by Crippen LogP contribution is 2.28. The maximum atomic E-state index is 14.4. The number of nitrogens with zero attached hydrogens (tertiary/aromatic N) is 3. The first-order valence-corrected chi connectivity index (χ1v) is 9.84. The van der Waals surface area contributed by atoms with Gasteiger partial charge in [0, 0.05) is 5.75 Å². The zero-order chi connectivity index (χ0) is 18.5. The summed E-state index contributed by atoms with van der Waals surface area (Å²) in [6.45, 7) is 1.62. The van der Waals surface area contributed by atoms with Gasteiger partial charge in [-0.15, -0.1) is 10.2 Å². The van der Waals surface area contributed by atoms with E-state index in [0.717, 1.165) is 22.9 Å². The van der Waals surface area contributed by atoms with Crippen molar-refractivity contribution in [2.24, 2.45) is 0 Å². The molecular weight excluding hydrogens is 365 g/mol. The third kappa shape index (κ3) is 4.37. The first-order chi connectivity index (χ1) is 13.3. The van der Waals surface area contributed by atoms with Crippen molar-refractivity contribution in [2.75, 3.05) is 19.2 Å². The summed E-state index contributed by atoms with van der Waals surface area (Å²) in [5.41, 5.74) is 1.56. The first-order valence-electron chi connectivity index (χ1n) is 8.85. The summed E-state index contributed by atoms with van der Waals surface area (Å²) in [4.78, 5) is 0. The zero-order valence-corrected chi connectivity index (χ0v) is 15.6. The van der Waals surface area contributed by atoms with Crippen molar-refractivity contribution in [1.82, 2.24) is 14.8 Å². The predicted octanol–water partition coefficient (Wildman–Crippen LogP) is 3.99. The fraction of sp³-hybridized carbons (Fsp3) is 0.300. The highest BCUT2D eigenvalue weighted by Gasteiger charge is 2.20. The Balaban J connectivity index is 1.63. The van der Waals surface area contributed by atoms with Crippen LogP contribution in [0.1, 0.15) is 12.0 Å². The lowest BCUT2D eigenvalue weighted by molar-refractivity contribution is -0.130. The lowest BCUT2D eigenvalue weighted by Crippen LogP contribution is -2.25. The van der Waals surface area contributed by atoms with Crippen LogP contribution in [-0.4, -0.2) is 40.0 Å². The van der Waals surface area contributed by atoms with Crippen LogP contribution >= 0.6 is 11.8 Å². The Morgan fingerprint density at radius 1 is 1.07 bits per heavy atom. The van der Waals surface area contributed by atoms with Gasteiger partial charge in [0.2, 0.25) is 0 Å². The molecule has 0 spiro atoms. The van der Waals surface area contributed by atoms with E-state index in [-0.39, 0.29) is 11.9 Å². The van der Waals surface area contributed by atoms with Gasteiger partial charge in [-0.05, 0) is 24.1 Å². The lowest BCUT2D eigenvalue weighted by atomic mass is 10.2. The molecule has 1 aromatic heterocycles. The Bertz CT molecular complexity index is 882. The smallest absolute Gasteiger partial charge is 0.191 e. The Morgan fingerprint density at radius 3 is 2.67 bits per heavy atom. The Morgan fingerprint density at radius 2 is 1.89 bits per heavy atom. The van der Waals surface area contributed by atoms with Crippen LogP contribution in [0, 0.1) is 5.82 Å². The Hall–Kier alpha value is -2.22. The third-order valence-electron chi connectivity index (χ3n) is 4.38. The van der Waals surface area contributed by atoms with Crippen LogP contribution in [0.2, 0.25) is 0 Å². The van der Waals surface area contributed by atoms with Gasteiger partial charge in [0.15, 0.2) is 11.0 Å². The van der Waals surface area contributed by atoms with Crippen molar-refractivity contribution in [3.05, 3.63) is 66.0 Å². The summed E-state index contributed by atoms with van der Waals surface area (Å²) >= 11 is 1.58. The minimum atomic E-state index is -0.302. The molecule has 1 aliphatic rings. The summed E-state index contributed by atoms with van der Waals surface area (Å²) in [5, 5.41) is 9.39. The van der Waals surface area contributed by atoms with Gasteiger partial charge in [-0.2, -0.15) is 0 Å². The van der Waals surface area contributed by atoms with E-state index >= 15 is 0 Å². The minimum Gasteiger partial charge on any atom is -0.355 e. The average Bonchev–Trinajstić information content (AvgIpc) is 3.10. The number of ether oxygens (including phenoxy) is 2. The Labute approximate surface area is 161 Å². The fourth-order valence-corrected chi connectivity index (χ4v) is 3.95. The van der Waals surface area contributed by atoms with E-state index in [2.05, 4.69) is 10.2 Å². The topological polar surface area (TPSA) is 49.2 Å². The van der Waals surface area contributed by atoms with Crippen LogP contribution in [0.3, 0.4) is 0 Å². The van der Waals surface area contributed by atoms with E-state index in [1.807, 2.05) is 41.0 Å². The summed E-state index contributed by atoms with van der Waals surface area (Å²) in [5.74, 6) is 0.990. The molecule has 2 aromatic carbocycles. The summed E-state index contributed by atoms with van der Waals surface area (Å²) in [6.07, 6.45) is 0.988. The van der Waals surface area contributed by atoms with Crippen LogP contribution in [0.15, 0.2) is 59.8 Å². The normalized spacial score (nSPS) is 17.1. The van der Waals surface area contributed by atoms with Crippen molar-refractivity contribution >= 4 is 11.8 Å². The van der Waals surface area contributed by atoms with E-state index in [1.54, 1.807) is 23.9 Å². The zero-order valence-electron chi connectivity index (χ0n) is 14.8. The molecule has 0 saturated carbocycles. The van der Waals surface area contributed by atoms with Crippen molar-refractivity contribution in [2.45, 2.75) is 24.2 Å². The van der Waals surface area contributed by atoms with Crippen LogP contribution in [0.4, 0.5) is 4.39 Å². The van der Waals surface area contributed by atoms with Crippen molar-refractivity contribution in [3.8, 4) is 11.4 Å². The number of hydrogen-bond acceptors (Lipinski definition) is 5. The van der Waals surface area contributed by atoms with Gasteiger partial charge in [-0.25, -0.2) is 4.39 Å². The summed E-state index contributed by atoms with van der Waals surface area (Å²) in [6, 6.07) is 16.7. The maximum Gasteiger partial charge on any atom is 0.191 e. The van der Waals surface area contributed by atoms with Gasteiger partial charge in [-0.1, -0.05) is 54.2 Å². The second-order valence-electron chi connectivity index (χ2n) is 6.27. The number of aromatic nitrogens is 3. The molecule has 1 saturated heterocycles. The SMILES string of the molecule is Fc1ccccc1-c1nnc(SC[C@@H]2CCOCO2)n1Cc1ccccc1. The van der Waals surface area contributed by atoms with Gasteiger partial charge >= 0.3 is 0 Å². The maximum absolute atomic E-state index is 14.4. The standard InChI is InChI=1S/C20H20FN3O2S/c21-18-9-5-4-8-17(18)19-22-23-20(27-13-16-10-11-25-14-26-16)24(19)12-15-6-2-1-3-7-15/h1-9,16H,10-14H2/t16-/m0/s1. The second kappa shape index (κ2) is 8.65. The summed E-state index contributed by atoms with van der Waals surface area (Å²) in [7, 11) is 0. The highest BCUT2D eigenvalue weighted by atomic mass is 32.2. The molecule has 1 atom stereocenters. The second-order valence-corrected chi connectivity index (χ2v) is 7.26. The van der Waals surface area contributed by atoms with Crippen molar-refractivity contribution in [3.63, 3.8) is 0 Å². The molecule has 1 fully saturated rings. The van der Waals surface area contributed by atoms with E-state index in [9.17, 15) is 4.39 Å². The molecule has 0 N–H and O–H groups in total. The molecule has 0 radical (unpaired) electrons. The minimum absolute atomic E-state index is 0.127. The Kier molecular flexibility index (Phi) is 5.81. The molecule has 0 bridgehead atoms. The van der Waals surface area contributed by atoms with Gasteiger partial charge in [0.25, 0.3) is 0 Å². The van der Waals surface area contributed by atoms with Crippen LogP contribution in [0.25, 0.3) is 11.4 Å². The van der Waals surface area contributed by atoms with Gasteiger partial charge < -0.3 is 9.47 Å². The number of hydrogen-bond donors (Lipinski definition) is 0. The molecule has 4 rings (SSSR count). The van der Waals surface area contributed by atoms with Crippen LogP contribution in [-0.2, 0) is 16.0 Å². The number of halogens is 1. The molecule has 5 nitrogen and oxygen atoms in total. The van der Waals surface area contributed by atoms with E-state index in [0.29, 0.717) is 31.3 Å². The average molecular weight is 385 g/mol. The van der Waals surface area contributed by atoms with Crippen LogP contribution < -0.4 is 0 Å². The molecular formula is C20H20FN3O2S. The monoisotopic (exact) mass is 385 g/mol. The van der Waals surface area contributed by atoms with Crippen molar-refractivity contribution < 1.29 is 13.9 Å². The molecule has 3 aromatic rings. The number of rotatable bonds is 6. The molecule has 2 heterocycles. The summed E-state index contributed by atoms with van der Waals surface area (Å²) < 4.78 is 27.2. The lowest BCUT2D eigenvalue weighted by Gasteiger charge is -2.22. The molecule has 27 heavy (non-hydrogen) atoms. The third-order valence-corrected chi connectivity index (χ3v) is 5.48. The molecule has 7 heteroatoms. The molecule has 0 unspecified atom stereocenters. The molecule has 1 aliphatic heterocycles. The highest BCUT2D eigenvalue weighted by molar-refractivity contribution is 7.99. The van der Waals surface area contributed by atoms with Crippen molar-refractivity contribution in [1.29, 1.82) is 0 Å². The van der Waals surface area contributed by atoms with E-state index < -0.39 is 0 Å². The van der Waals surface area contributed by atoms with Gasteiger partial charge in [0.1, 0.15) is 12.6 Å². The largest absolute Gasteiger partial charge is 0.355 e. The van der Waals surface area contributed by atoms with Gasteiger partial charge in [0.05, 0.1) is 24.8 Å². The fourth-order valence-electron chi connectivity index (χ4n) is 2.95. The number of benzene rings is 2. The molecule has 0 amide bonds. The van der Waals surface area contributed by atoms with E-state index in [1.165, 1.54) is 6.07 Å². The van der Waals surface area contributed by atoms with Gasteiger partial charge in [-0.3, -0.25) is 4.57 Å². The quantitative estimate of drug-likeness (QED) is 0.601. The predicted molar refractivity (Wildman–Crippen MR) is 102 cm³/mol. The number of thioether (sulfide) groups is 1.